The van der Waals surface area contributed by atoms with E-state index in [1.54, 1.807) is 25.8 Å². The molecule has 1 aliphatic rings. The molecule has 3 aromatic heterocycles. The maximum Gasteiger partial charge on any atom is 0.226 e. The monoisotopic (exact) mass is 672 g/mol. The van der Waals surface area contributed by atoms with Crippen molar-refractivity contribution in [3.63, 3.8) is 0 Å². The predicted molar refractivity (Wildman–Crippen MR) is 187 cm³/mol. The summed E-state index contributed by atoms with van der Waals surface area (Å²) in [6.45, 7) is 12.3. The summed E-state index contributed by atoms with van der Waals surface area (Å²) >= 11 is -1.24. The number of para-hydroxylation sites is 1. The zero-order valence-electron chi connectivity index (χ0n) is 29.0. The first kappa shape index (κ1) is 33.7. The Morgan fingerprint density at radius 3 is 2.35 bits per heavy atom. The number of benzene rings is 2. The number of methoxy groups -OCH3 is 3. The third kappa shape index (κ3) is 6.46. The molecule has 1 saturated carbocycles. The highest BCUT2D eigenvalue weighted by Crippen LogP contribution is 2.46. The molecule has 0 saturated heterocycles. The van der Waals surface area contributed by atoms with Crippen LogP contribution in [-0.4, -0.2) is 60.2 Å². The van der Waals surface area contributed by atoms with Gasteiger partial charge in [0.25, 0.3) is 0 Å². The lowest BCUT2D eigenvalue weighted by Crippen LogP contribution is -2.49. The van der Waals surface area contributed by atoms with Gasteiger partial charge in [-0.25, -0.2) is 9.97 Å². The minimum atomic E-state index is -1.24. The van der Waals surface area contributed by atoms with Crippen LogP contribution < -0.4 is 24.2 Å². The van der Waals surface area contributed by atoms with Gasteiger partial charge in [0.1, 0.15) is 33.1 Å². The molecule has 2 aromatic carbocycles. The lowest BCUT2D eigenvalue weighted by molar-refractivity contribution is 0.330. The Bertz CT molecular complexity index is 1950. The molecule has 0 radical (unpaired) electrons. The van der Waals surface area contributed by atoms with E-state index in [1.165, 1.54) is 0 Å². The molecule has 1 atom stereocenters. The minimum Gasteiger partial charge on any atom is -0.598 e. The van der Waals surface area contributed by atoms with Crippen LogP contribution >= 0.6 is 0 Å². The SMILES string of the molecule is COc1ccc(CNc2nc3c(OC)cccc3c3nc([C@H]4C[C@H](c5cnc(C(C)(C)N[S+]([O-])C(C)(C)C)c(C)n5)C4)nn23)c(OC)c1. The van der Waals surface area contributed by atoms with Crippen LogP contribution in [0.3, 0.4) is 0 Å². The molecule has 12 nitrogen and oxygen atoms in total. The van der Waals surface area contributed by atoms with E-state index in [2.05, 4.69) is 10.0 Å². The molecule has 0 amide bonds. The van der Waals surface area contributed by atoms with Crippen molar-refractivity contribution in [1.29, 1.82) is 0 Å². The van der Waals surface area contributed by atoms with E-state index < -0.39 is 16.9 Å². The lowest BCUT2D eigenvalue weighted by Gasteiger charge is -2.34. The molecule has 2 N–H and O–H groups in total. The summed E-state index contributed by atoms with van der Waals surface area (Å²) in [7, 11) is 4.91. The molecule has 6 rings (SSSR count). The molecule has 1 aliphatic carbocycles. The number of anilines is 1. The zero-order chi connectivity index (χ0) is 34.4. The maximum absolute atomic E-state index is 12.8. The number of hydrogen-bond donors (Lipinski definition) is 2. The Labute approximate surface area is 284 Å². The lowest BCUT2D eigenvalue weighted by atomic mass is 9.73. The van der Waals surface area contributed by atoms with Crippen LogP contribution in [0, 0.1) is 6.92 Å². The maximum atomic E-state index is 12.8. The topological polar surface area (TPSA) is 144 Å². The van der Waals surface area contributed by atoms with Crippen molar-refractivity contribution < 1.29 is 18.8 Å². The number of nitrogens with one attached hydrogen (secondary N) is 2. The number of fused-ring (bicyclic) bond motifs is 3. The molecular formula is C35H44N8O4S. The Hall–Kier alpha value is -4.20. The van der Waals surface area contributed by atoms with E-state index >= 15 is 0 Å². The zero-order valence-corrected chi connectivity index (χ0v) is 29.9. The van der Waals surface area contributed by atoms with Crippen LogP contribution in [0.5, 0.6) is 17.2 Å². The van der Waals surface area contributed by atoms with E-state index in [0.29, 0.717) is 35.2 Å². The van der Waals surface area contributed by atoms with Gasteiger partial charge in [-0.05, 0) is 78.6 Å². The van der Waals surface area contributed by atoms with Crippen molar-refractivity contribution in [2.45, 2.75) is 83.1 Å². The largest absolute Gasteiger partial charge is 0.598 e. The quantitative estimate of drug-likeness (QED) is 0.160. The summed E-state index contributed by atoms with van der Waals surface area (Å²) < 4.78 is 34.1. The van der Waals surface area contributed by atoms with E-state index in [9.17, 15) is 4.55 Å². The normalized spacial score (nSPS) is 17.3. The minimum absolute atomic E-state index is 0.166. The van der Waals surface area contributed by atoms with Gasteiger partial charge in [-0.1, -0.05) is 6.07 Å². The Balaban J connectivity index is 1.25. The average molecular weight is 673 g/mol. The van der Waals surface area contributed by atoms with Gasteiger partial charge < -0.3 is 24.1 Å². The van der Waals surface area contributed by atoms with E-state index in [1.807, 2.05) is 84.1 Å². The third-order valence-corrected chi connectivity index (χ3v) is 10.6. The van der Waals surface area contributed by atoms with Crippen molar-refractivity contribution in [3.05, 3.63) is 71.1 Å². The molecule has 0 spiro atoms. The highest BCUT2D eigenvalue weighted by Gasteiger charge is 2.38. The van der Waals surface area contributed by atoms with Crippen LogP contribution in [0.1, 0.15) is 87.8 Å². The molecule has 254 valence electrons. The van der Waals surface area contributed by atoms with E-state index in [4.69, 9.17) is 39.2 Å². The summed E-state index contributed by atoms with van der Waals surface area (Å²) in [5.74, 6) is 3.82. The number of aryl methyl sites for hydroxylation is 1. The average Bonchev–Trinajstić information content (AvgIpc) is 3.47. The van der Waals surface area contributed by atoms with E-state index in [0.717, 1.165) is 52.4 Å². The van der Waals surface area contributed by atoms with Gasteiger partial charge in [-0.15, -0.1) is 9.82 Å². The fourth-order valence-corrected chi connectivity index (χ4v) is 6.93. The van der Waals surface area contributed by atoms with Crippen molar-refractivity contribution in [3.8, 4) is 17.2 Å². The first-order valence-electron chi connectivity index (χ1n) is 16.0. The first-order valence-corrected chi connectivity index (χ1v) is 17.2. The van der Waals surface area contributed by atoms with E-state index in [-0.39, 0.29) is 16.6 Å². The Morgan fingerprint density at radius 2 is 1.69 bits per heavy atom. The van der Waals surface area contributed by atoms with Gasteiger partial charge in [0.05, 0.1) is 38.4 Å². The van der Waals surface area contributed by atoms with Crippen LogP contribution in [0.2, 0.25) is 0 Å². The molecule has 3 heterocycles. The molecule has 5 aromatic rings. The number of rotatable bonds is 11. The molecule has 1 unspecified atom stereocenters. The first-order chi connectivity index (χ1) is 22.8. The summed E-state index contributed by atoms with van der Waals surface area (Å²) in [5.41, 5.74) is 4.35. The standard InChI is InChI=1S/C35H44N8O4S/c1-20-30(35(5,6)42-48(44)34(2,3)4)36-19-26(38-20)22-15-23(16-22)31-40-32-25-11-10-12-27(46-8)29(25)39-33(43(32)41-31)37-18-21-13-14-24(45-7)17-28(21)47-9/h10-14,17,19,22-23,42H,15-16,18H2,1-9H3,(H,37,39)/t22-,23-,48?. The smallest absolute Gasteiger partial charge is 0.226 e. The molecule has 0 aliphatic heterocycles. The summed E-state index contributed by atoms with van der Waals surface area (Å²) in [6, 6.07) is 11.5. The second-order valence-corrected chi connectivity index (χ2v) is 15.7. The molecular weight excluding hydrogens is 629 g/mol. The van der Waals surface area contributed by atoms with Gasteiger partial charge in [-0.3, -0.25) is 9.97 Å². The number of ether oxygens (including phenoxy) is 3. The van der Waals surface area contributed by atoms with Crippen molar-refractivity contribution in [1.82, 2.24) is 34.3 Å². The second kappa shape index (κ2) is 13.0. The molecule has 1 fully saturated rings. The van der Waals surface area contributed by atoms with Crippen LogP contribution in [0.15, 0.2) is 42.6 Å². The van der Waals surface area contributed by atoms with Gasteiger partial charge in [0, 0.05) is 53.0 Å². The number of hydrogen-bond acceptors (Lipinski definition) is 11. The third-order valence-electron chi connectivity index (χ3n) is 8.82. The molecule has 0 bridgehead atoms. The van der Waals surface area contributed by atoms with Crippen molar-refractivity contribution >= 4 is 33.9 Å². The van der Waals surface area contributed by atoms with Gasteiger partial charge in [-0.2, -0.15) is 4.52 Å². The summed E-state index contributed by atoms with van der Waals surface area (Å²) in [6.07, 6.45) is 3.59. The fraction of sp³-hybridized carbons (Fsp3) is 0.457. The number of nitrogens with zero attached hydrogens (tertiary/aromatic N) is 6. The fourth-order valence-electron chi connectivity index (χ4n) is 6.06. The second-order valence-electron chi connectivity index (χ2n) is 13.7. The van der Waals surface area contributed by atoms with Gasteiger partial charge in [0.2, 0.25) is 5.95 Å². The Morgan fingerprint density at radius 1 is 0.938 bits per heavy atom. The van der Waals surface area contributed by atoms with Gasteiger partial charge in [0.15, 0.2) is 11.5 Å². The highest BCUT2D eigenvalue weighted by atomic mass is 32.2. The summed E-state index contributed by atoms with van der Waals surface area (Å²) in [5, 5.41) is 9.29. The Kier molecular flexibility index (Phi) is 9.14. The summed E-state index contributed by atoms with van der Waals surface area (Å²) in [4.78, 5) is 19.8. The highest BCUT2D eigenvalue weighted by molar-refractivity contribution is 7.90. The number of aromatic nitrogens is 6. The van der Waals surface area contributed by atoms with Crippen LogP contribution in [-0.2, 0) is 23.4 Å². The molecule has 48 heavy (non-hydrogen) atoms. The predicted octanol–water partition coefficient (Wildman–Crippen LogP) is 5.96. The van der Waals surface area contributed by atoms with Crippen LogP contribution in [0.25, 0.3) is 16.6 Å². The van der Waals surface area contributed by atoms with Crippen molar-refractivity contribution in [2.75, 3.05) is 26.6 Å². The van der Waals surface area contributed by atoms with Gasteiger partial charge >= 0.3 is 0 Å². The van der Waals surface area contributed by atoms with Crippen LogP contribution in [0.4, 0.5) is 5.95 Å². The van der Waals surface area contributed by atoms with Crippen molar-refractivity contribution in [2.24, 2.45) is 0 Å². The molecule has 13 heteroatoms.